The molecule has 0 unspecified atom stereocenters. The largest absolute Gasteiger partial charge is 0.377 e. The molecule has 0 bridgehead atoms. The fraction of sp³-hybridized carbons (Fsp3) is 0.556. The number of amides is 1. The van der Waals surface area contributed by atoms with E-state index in [1.165, 1.54) is 0 Å². The number of halogens is 1. The normalized spacial score (nSPS) is 12.0. The zero-order chi connectivity index (χ0) is 18.9. The smallest absolute Gasteiger partial charge is 0.226 e. The molecule has 7 heteroatoms. The van der Waals surface area contributed by atoms with Gasteiger partial charge < -0.3 is 20.7 Å². The Morgan fingerprint density at radius 2 is 2.04 bits per heavy atom. The van der Waals surface area contributed by atoms with Crippen LogP contribution in [-0.2, 0) is 9.53 Å². The van der Waals surface area contributed by atoms with Crippen LogP contribution in [0.1, 0.15) is 32.8 Å². The number of methoxy groups -OCH3 is 1. The van der Waals surface area contributed by atoms with Gasteiger partial charge in [-0.05, 0) is 45.4 Å². The molecule has 0 spiro atoms. The summed E-state index contributed by atoms with van der Waals surface area (Å²) in [5, 5.41) is 9.27. The number of anilines is 1. The first kappa shape index (κ1) is 21.4. The Morgan fingerprint density at radius 3 is 2.68 bits per heavy atom. The summed E-state index contributed by atoms with van der Waals surface area (Å²) in [7, 11) is 1.67. The van der Waals surface area contributed by atoms with Gasteiger partial charge in [-0.2, -0.15) is 0 Å². The number of nitrogens with one attached hydrogen (secondary N) is 3. The van der Waals surface area contributed by atoms with Gasteiger partial charge in [0.1, 0.15) is 0 Å². The van der Waals surface area contributed by atoms with E-state index >= 15 is 0 Å². The van der Waals surface area contributed by atoms with E-state index in [2.05, 4.69) is 36.9 Å². The highest BCUT2D eigenvalue weighted by Gasteiger charge is 2.15. The van der Waals surface area contributed by atoms with Crippen LogP contribution in [-0.4, -0.2) is 44.2 Å². The molecule has 1 amide bonds. The summed E-state index contributed by atoms with van der Waals surface area (Å²) < 4.78 is 6.30. The van der Waals surface area contributed by atoms with E-state index in [1.54, 1.807) is 7.11 Å². The predicted molar refractivity (Wildman–Crippen MR) is 107 cm³/mol. The van der Waals surface area contributed by atoms with Crippen LogP contribution < -0.4 is 16.0 Å². The summed E-state index contributed by atoms with van der Waals surface area (Å²) in [6, 6.07) is 5.82. The van der Waals surface area contributed by atoms with E-state index in [-0.39, 0.29) is 11.5 Å². The van der Waals surface area contributed by atoms with Gasteiger partial charge in [-0.25, -0.2) is 0 Å². The first-order valence-electron chi connectivity index (χ1n) is 8.40. The van der Waals surface area contributed by atoms with Crippen LogP contribution in [0.15, 0.2) is 27.7 Å². The molecule has 0 saturated heterocycles. The molecular weight excluding hydrogens is 384 g/mol. The van der Waals surface area contributed by atoms with Crippen molar-refractivity contribution in [3.05, 3.63) is 28.2 Å². The highest BCUT2D eigenvalue weighted by atomic mass is 79.9. The van der Waals surface area contributed by atoms with Crippen molar-refractivity contribution in [2.24, 2.45) is 4.99 Å². The van der Waals surface area contributed by atoms with Gasteiger partial charge >= 0.3 is 0 Å². The quantitative estimate of drug-likeness (QED) is 0.452. The average molecular weight is 413 g/mol. The second-order valence-electron chi connectivity index (χ2n) is 6.34. The molecule has 0 fully saturated rings. The van der Waals surface area contributed by atoms with Crippen molar-refractivity contribution in [2.75, 3.05) is 32.1 Å². The standard InChI is InChI=1S/C18H29BrN4O2/c1-6-20-17(22-12-18(3,4)25-5)21-10-9-16(24)23-15-11-14(19)8-7-13(15)2/h7-8,11H,6,9-10,12H2,1-5H3,(H,23,24)(H2,20,21,22). The maximum atomic E-state index is 12.1. The van der Waals surface area contributed by atoms with Gasteiger partial charge in [0, 0.05) is 36.8 Å². The minimum absolute atomic E-state index is 0.0400. The molecule has 1 rings (SSSR count). The second kappa shape index (κ2) is 10.4. The maximum absolute atomic E-state index is 12.1. The lowest BCUT2D eigenvalue weighted by molar-refractivity contribution is -0.116. The molecule has 0 aromatic heterocycles. The lowest BCUT2D eigenvalue weighted by Crippen LogP contribution is -2.40. The van der Waals surface area contributed by atoms with Gasteiger partial charge in [-0.15, -0.1) is 0 Å². The first-order valence-corrected chi connectivity index (χ1v) is 9.20. The molecule has 0 aliphatic heterocycles. The molecule has 25 heavy (non-hydrogen) atoms. The monoisotopic (exact) mass is 412 g/mol. The Bertz CT molecular complexity index is 603. The summed E-state index contributed by atoms with van der Waals surface area (Å²) in [5.74, 6) is 0.640. The molecule has 0 aliphatic rings. The molecular formula is C18H29BrN4O2. The van der Waals surface area contributed by atoms with Crippen LogP contribution in [0.3, 0.4) is 0 Å². The van der Waals surface area contributed by atoms with E-state index in [4.69, 9.17) is 4.74 Å². The summed E-state index contributed by atoms with van der Waals surface area (Å²) in [6.07, 6.45) is 0.351. The number of guanidine groups is 1. The van der Waals surface area contributed by atoms with Gasteiger partial charge in [0.2, 0.25) is 5.91 Å². The Kier molecular flexibility index (Phi) is 8.92. The second-order valence-corrected chi connectivity index (χ2v) is 7.26. The van der Waals surface area contributed by atoms with Crippen molar-refractivity contribution in [3.8, 4) is 0 Å². The van der Waals surface area contributed by atoms with Crippen LogP contribution in [0.2, 0.25) is 0 Å². The van der Waals surface area contributed by atoms with Crippen LogP contribution in [0.5, 0.6) is 0 Å². The molecule has 0 saturated carbocycles. The lowest BCUT2D eigenvalue weighted by atomic mass is 10.1. The van der Waals surface area contributed by atoms with E-state index in [1.807, 2.05) is 45.9 Å². The Balaban J connectivity index is 2.50. The van der Waals surface area contributed by atoms with Crippen LogP contribution in [0, 0.1) is 6.92 Å². The number of aryl methyl sites for hydroxylation is 1. The van der Waals surface area contributed by atoms with E-state index in [9.17, 15) is 4.79 Å². The summed E-state index contributed by atoms with van der Waals surface area (Å²) in [6.45, 7) is 9.71. The number of carbonyl (C=O) groups is 1. The molecule has 0 radical (unpaired) electrons. The van der Waals surface area contributed by atoms with E-state index in [0.717, 1.165) is 22.3 Å². The molecule has 0 heterocycles. The molecule has 140 valence electrons. The molecule has 1 aromatic carbocycles. The minimum atomic E-state index is -0.321. The van der Waals surface area contributed by atoms with Crippen molar-refractivity contribution < 1.29 is 9.53 Å². The molecule has 6 nitrogen and oxygen atoms in total. The van der Waals surface area contributed by atoms with E-state index in [0.29, 0.717) is 25.5 Å². The first-order chi connectivity index (χ1) is 11.8. The third kappa shape index (κ3) is 8.36. The average Bonchev–Trinajstić information content (AvgIpc) is 2.56. The topological polar surface area (TPSA) is 74.8 Å². The Labute approximate surface area is 158 Å². The van der Waals surface area contributed by atoms with Crippen molar-refractivity contribution in [1.29, 1.82) is 0 Å². The number of rotatable bonds is 8. The Hall–Kier alpha value is -1.60. The zero-order valence-electron chi connectivity index (χ0n) is 15.7. The summed E-state index contributed by atoms with van der Waals surface area (Å²) >= 11 is 3.42. The van der Waals surface area contributed by atoms with Gasteiger partial charge in [0.25, 0.3) is 0 Å². The summed E-state index contributed by atoms with van der Waals surface area (Å²) in [5.41, 5.74) is 1.53. The van der Waals surface area contributed by atoms with Gasteiger partial charge in [0.05, 0.1) is 12.1 Å². The molecule has 3 N–H and O–H groups in total. The fourth-order valence-electron chi connectivity index (χ4n) is 1.91. The van der Waals surface area contributed by atoms with Crippen LogP contribution >= 0.6 is 15.9 Å². The zero-order valence-corrected chi connectivity index (χ0v) is 17.3. The van der Waals surface area contributed by atoms with Crippen LogP contribution in [0.25, 0.3) is 0 Å². The third-order valence-corrected chi connectivity index (χ3v) is 4.13. The van der Waals surface area contributed by atoms with Crippen molar-refractivity contribution >= 4 is 33.5 Å². The number of hydrogen-bond donors (Lipinski definition) is 3. The molecule has 0 atom stereocenters. The Morgan fingerprint density at radius 1 is 1.32 bits per heavy atom. The minimum Gasteiger partial charge on any atom is -0.377 e. The third-order valence-electron chi connectivity index (χ3n) is 3.63. The lowest BCUT2D eigenvalue weighted by Gasteiger charge is -2.21. The highest BCUT2D eigenvalue weighted by Crippen LogP contribution is 2.20. The summed E-state index contributed by atoms with van der Waals surface area (Å²) in [4.78, 5) is 16.6. The number of ether oxygens (including phenoxy) is 1. The van der Waals surface area contributed by atoms with Crippen molar-refractivity contribution in [1.82, 2.24) is 10.6 Å². The predicted octanol–water partition coefficient (Wildman–Crippen LogP) is 3.07. The highest BCUT2D eigenvalue weighted by molar-refractivity contribution is 9.10. The number of nitrogens with zero attached hydrogens (tertiary/aromatic N) is 1. The van der Waals surface area contributed by atoms with Gasteiger partial charge in [0.15, 0.2) is 5.96 Å². The van der Waals surface area contributed by atoms with Crippen molar-refractivity contribution in [3.63, 3.8) is 0 Å². The number of aliphatic imine (C=N–C) groups is 1. The van der Waals surface area contributed by atoms with Crippen molar-refractivity contribution in [2.45, 2.75) is 39.7 Å². The SMILES string of the molecule is CCNC(=NCC(C)(C)OC)NCCC(=O)Nc1cc(Br)ccc1C. The molecule has 1 aromatic rings. The molecule has 0 aliphatic carbocycles. The number of carbonyl (C=O) groups excluding carboxylic acids is 1. The van der Waals surface area contributed by atoms with E-state index < -0.39 is 0 Å². The number of benzene rings is 1. The van der Waals surface area contributed by atoms with Gasteiger partial charge in [-0.1, -0.05) is 22.0 Å². The van der Waals surface area contributed by atoms with Gasteiger partial charge in [-0.3, -0.25) is 9.79 Å². The van der Waals surface area contributed by atoms with Crippen LogP contribution in [0.4, 0.5) is 5.69 Å². The number of hydrogen-bond acceptors (Lipinski definition) is 3. The maximum Gasteiger partial charge on any atom is 0.226 e. The fourth-order valence-corrected chi connectivity index (χ4v) is 2.27.